The first-order valence-corrected chi connectivity index (χ1v) is 9.61. The summed E-state index contributed by atoms with van der Waals surface area (Å²) in [4.78, 5) is 36.2. The molecule has 2 rings (SSSR count). The molecule has 0 spiro atoms. The Morgan fingerprint density at radius 1 is 1.29 bits per heavy atom. The number of carbonyl (C=O) groups excluding carboxylic acids is 1. The monoisotopic (exact) mass is 416 g/mol. The molecule has 0 radical (unpaired) electrons. The van der Waals surface area contributed by atoms with E-state index in [9.17, 15) is 19.5 Å². The van der Waals surface area contributed by atoms with Crippen LogP contribution < -0.4 is 10.7 Å². The van der Waals surface area contributed by atoms with Crippen molar-refractivity contribution < 1.29 is 19.4 Å². The van der Waals surface area contributed by atoms with Gasteiger partial charge in [-0.25, -0.2) is 9.59 Å². The Morgan fingerprint density at radius 2 is 1.96 bits per heavy atom. The molecular formula is C19H25N2NaO5S. The second-order valence-electron chi connectivity index (χ2n) is 6.92. The Labute approximate surface area is 190 Å². The average molecular weight is 416 g/mol. The molecule has 1 heterocycles. The molecule has 0 saturated carbocycles. The summed E-state index contributed by atoms with van der Waals surface area (Å²) >= 11 is 1.47. The van der Waals surface area contributed by atoms with Gasteiger partial charge in [-0.05, 0) is 45.9 Å². The van der Waals surface area contributed by atoms with Crippen LogP contribution in [0.4, 0.5) is 4.79 Å². The quantitative estimate of drug-likeness (QED) is 0.427. The first-order valence-electron chi connectivity index (χ1n) is 8.62. The van der Waals surface area contributed by atoms with Crippen LogP contribution in [0, 0.1) is 0 Å². The number of pyridine rings is 1. The number of aromatic nitrogens is 1. The number of amides is 1. The van der Waals surface area contributed by atoms with Gasteiger partial charge in [0.15, 0.2) is 0 Å². The number of carbonyl (C=O) groups is 2. The number of ether oxygens (including phenoxy) is 1. The van der Waals surface area contributed by atoms with Crippen LogP contribution in [-0.4, -0.2) is 69.2 Å². The number of fused-ring (bicyclic) bond motifs is 1. The summed E-state index contributed by atoms with van der Waals surface area (Å²) in [6.45, 7) is 8.25. The van der Waals surface area contributed by atoms with Gasteiger partial charge in [0.1, 0.15) is 11.2 Å². The minimum absolute atomic E-state index is 0. The Hall–Kier alpha value is -1.48. The Bertz CT molecular complexity index is 921. The van der Waals surface area contributed by atoms with Gasteiger partial charge in [-0.2, -0.15) is 0 Å². The number of carboxylic acid groups (broad SMARTS) is 1. The summed E-state index contributed by atoms with van der Waals surface area (Å²) in [5.74, 6) is -0.644. The van der Waals surface area contributed by atoms with Crippen molar-refractivity contribution in [1.82, 2.24) is 9.88 Å². The van der Waals surface area contributed by atoms with Crippen molar-refractivity contribution >= 4 is 64.3 Å². The number of hydrogen-bond donors (Lipinski definition) is 2. The fourth-order valence-corrected chi connectivity index (χ4v) is 3.32. The molecule has 0 aliphatic carbocycles. The van der Waals surface area contributed by atoms with Gasteiger partial charge in [-0.15, -0.1) is 11.8 Å². The molecule has 0 bridgehead atoms. The van der Waals surface area contributed by atoms with E-state index >= 15 is 0 Å². The third-order valence-corrected chi connectivity index (χ3v) is 4.66. The number of carboxylic acids is 1. The van der Waals surface area contributed by atoms with Crippen molar-refractivity contribution in [1.29, 1.82) is 0 Å². The summed E-state index contributed by atoms with van der Waals surface area (Å²) in [6.07, 6.45) is 0.906. The van der Waals surface area contributed by atoms with E-state index < -0.39 is 23.1 Å². The van der Waals surface area contributed by atoms with Crippen LogP contribution in [0.25, 0.3) is 10.9 Å². The first kappa shape index (κ1) is 24.6. The SMILES string of the molecule is CCn1cc(C(=O)O)c(=O)c2cc(SCCNC(=O)OC(C)(C)C)ccc21.[NaH]. The number of thioether (sulfide) groups is 1. The fraction of sp³-hybridized carbons (Fsp3) is 0.421. The van der Waals surface area contributed by atoms with Crippen molar-refractivity contribution in [2.24, 2.45) is 0 Å². The predicted molar refractivity (Wildman–Crippen MR) is 113 cm³/mol. The molecule has 0 fully saturated rings. The van der Waals surface area contributed by atoms with Gasteiger partial charge in [-0.3, -0.25) is 4.79 Å². The molecule has 7 nitrogen and oxygen atoms in total. The Kier molecular flexibility index (Phi) is 9.07. The number of nitrogens with one attached hydrogen (secondary N) is 1. The zero-order valence-corrected chi connectivity index (χ0v) is 16.7. The van der Waals surface area contributed by atoms with Gasteiger partial charge in [0.2, 0.25) is 5.43 Å². The van der Waals surface area contributed by atoms with Crippen LogP contribution in [0.2, 0.25) is 0 Å². The van der Waals surface area contributed by atoms with Crippen LogP contribution >= 0.6 is 11.8 Å². The number of rotatable bonds is 6. The summed E-state index contributed by atoms with van der Waals surface area (Å²) in [5, 5.41) is 12.3. The zero-order valence-electron chi connectivity index (χ0n) is 15.9. The van der Waals surface area contributed by atoms with Gasteiger partial charge in [0.25, 0.3) is 0 Å². The zero-order chi connectivity index (χ0) is 20.2. The molecule has 0 atom stereocenters. The number of alkyl carbamates (subject to hydrolysis) is 1. The van der Waals surface area contributed by atoms with Gasteiger partial charge < -0.3 is 19.7 Å². The molecule has 1 amide bonds. The van der Waals surface area contributed by atoms with E-state index in [0.29, 0.717) is 29.7 Å². The van der Waals surface area contributed by atoms with Crippen LogP contribution in [0.15, 0.2) is 34.1 Å². The molecule has 0 unspecified atom stereocenters. The number of aromatic carboxylic acids is 1. The van der Waals surface area contributed by atoms with E-state index in [1.54, 1.807) is 31.4 Å². The van der Waals surface area contributed by atoms with E-state index in [1.807, 2.05) is 19.1 Å². The van der Waals surface area contributed by atoms with Crippen molar-refractivity contribution in [2.75, 3.05) is 12.3 Å². The second kappa shape index (κ2) is 10.3. The van der Waals surface area contributed by atoms with Crippen LogP contribution in [0.1, 0.15) is 38.1 Å². The maximum atomic E-state index is 12.5. The fourth-order valence-electron chi connectivity index (χ4n) is 2.52. The molecule has 0 aliphatic heterocycles. The van der Waals surface area contributed by atoms with E-state index in [-0.39, 0.29) is 35.1 Å². The molecule has 0 aliphatic rings. The van der Waals surface area contributed by atoms with Gasteiger partial charge >= 0.3 is 41.6 Å². The second-order valence-corrected chi connectivity index (χ2v) is 8.09. The molecule has 1 aromatic carbocycles. The Morgan fingerprint density at radius 3 is 2.54 bits per heavy atom. The van der Waals surface area contributed by atoms with Gasteiger partial charge in [0, 0.05) is 35.3 Å². The van der Waals surface area contributed by atoms with Crippen molar-refractivity contribution in [2.45, 2.75) is 44.7 Å². The van der Waals surface area contributed by atoms with E-state index in [0.717, 1.165) is 4.90 Å². The van der Waals surface area contributed by atoms with Gasteiger partial charge in [-0.1, -0.05) is 0 Å². The molecular weight excluding hydrogens is 391 g/mol. The van der Waals surface area contributed by atoms with Crippen molar-refractivity contribution in [3.8, 4) is 0 Å². The third-order valence-electron chi connectivity index (χ3n) is 3.66. The Balaban J connectivity index is 0.00000392. The molecule has 2 aromatic rings. The number of nitrogens with zero attached hydrogens (tertiary/aromatic N) is 1. The standard InChI is InChI=1S/C19H24N2O5S.Na.H/c1-5-21-11-14(17(23)24)16(22)13-10-12(6-7-15(13)21)27-9-8-20-18(25)26-19(2,3)4;;/h6-7,10-11H,5,8-9H2,1-4H3,(H,20,25)(H,23,24);;. The van der Waals surface area contributed by atoms with Crippen LogP contribution in [-0.2, 0) is 11.3 Å². The maximum absolute atomic E-state index is 12.5. The summed E-state index contributed by atoms with van der Waals surface area (Å²) in [7, 11) is 0. The molecule has 0 saturated heterocycles. The number of benzene rings is 1. The normalized spacial score (nSPS) is 11.0. The van der Waals surface area contributed by atoms with E-state index in [2.05, 4.69) is 5.32 Å². The average Bonchev–Trinajstić information content (AvgIpc) is 2.57. The minimum atomic E-state index is -1.23. The summed E-state index contributed by atoms with van der Waals surface area (Å²) in [6, 6.07) is 5.40. The molecule has 28 heavy (non-hydrogen) atoms. The van der Waals surface area contributed by atoms with Crippen LogP contribution in [0.5, 0.6) is 0 Å². The topological polar surface area (TPSA) is 97.6 Å². The van der Waals surface area contributed by atoms with Gasteiger partial charge in [0.05, 0.1) is 5.52 Å². The van der Waals surface area contributed by atoms with Crippen LogP contribution in [0.3, 0.4) is 0 Å². The summed E-state index contributed by atoms with van der Waals surface area (Å²) < 4.78 is 6.91. The molecule has 9 heteroatoms. The number of hydrogen-bond acceptors (Lipinski definition) is 5. The van der Waals surface area contributed by atoms with Crippen molar-refractivity contribution in [3.05, 3.63) is 40.2 Å². The number of aryl methyl sites for hydroxylation is 1. The van der Waals surface area contributed by atoms with Crippen molar-refractivity contribution in [3.63, 3.8) is 0 Å². The molecule has 1 aromatic heterocycles. The molecule has 2 N–H and O–H groups in total. The predicted octanol–water partition coefficient (Wildman–Crippen LogP) is 2.69. The molecule has 148 valence electrons. The third kappa shape index (κ3) is 6.55. The first-order chi connectivity index (χ1) is 12.6. The van der Waals surface area contributed by atoms with E-state index in [1.165, 1.54) is 18.0 Å². The van der Waals surface area contributed by atoms with E-state index in [4.69, 9.17) is 4.74 Å². The summed E-state index contributed by atoms with van der Waals surface area (Å²) in [5.41, 5.74) is -0.574.